The first-order valence-electron chi connectivity index (χ1n) is 10.6. The summed E-state index contributed by atoms with van der Waals surface area (Å²) in [5, 5.41) is 0. The minimum absolute atomic E-state index is 0.0831. The molecule has 0 saturated heterocycles. The van der Waals surface area contributed by atoms with Crippen molar-refractivity contribution in [3.63, 3.8) is 0 Å². The average molecular weight is 505 g/mol. The number of carbonyl (C=O) groups is 1. The number of methoxy groups -OCH3 is 1. The Kier molecular flexibility index (Phi) is 6.36. The number of fused-ring (bicyclic) bond motifs is 2. The molecule has 0 saturated carbocycles. The highest BCUT2D eigenvalue weighted by Crippen LogP contribution is 2.48. The molecule has 0 unspecified atom stereocenters. The number of hydrogen-bond donors (Lipinski definition) is 0. The SMILES string of the molecule is COc1ccccc1-c1cc(=O)n(CCC(=O)N2c3ccccc3Sc3ccccc32)c(=S)s1. The molecular weight excluding hydrogens is 484 g/mol. The largest absolute Gasteiger partial charge is 0.496 e. The number of anilines is 2. The Bertz CT molecular complexity index is 1430. The van der Waals surface area contributed by atoms with Crippen LogP contribution in [0.5, 0.6) is 5.75 Å². The summed E-state index contributed by atoms with van der Waals surface area (Å²) in [4.78, 5) is 30.9. The van der Waals surface area contributed by atoms with Crippen LogP contribution in [0.25, 0.3) is 10.4 Å². The van der Waals surface area contributed by atoms with Crippen LogP contribution in [0.4, 0.5) is 11.4 Å². The Balaban J connectivity index is 1.43. The maximum atomic E-state index is 13.4. The van der Waals surface area contributed by atoms with E-state index in [2.05, 4.69) is 0 Å². The van der Waals surface area contributed by atoms with E-state index in [0.717, 1.165) is 31.6 Å². The molecule has 1 aliphatic rings. The van der Waals surface area contributed by atoms with Crippen molar-refractivity contribution < 1.29 is 9.53 Å². The molecule has 5 rings (SSSR count). The van der Waals surface area contributed by atoms with Gasteiger partial charge in [-0.2, -0.15) is 0 Å². The molecule has 1 aromatic heterocycles. The molecule has 0 fully saturated rings. The van der Waals surface area contributed by atoms with E-state index in [4.69, 9.17) is 17.0 Å². The molecule has 2 heterocycles. The lowest BCUT2D eigenvalue weighted by Crippen LogP contribution is -2.30. The van der Waals surface area contributed by atoms with Crippen LogP contribution in [0.15, 0.2) is 93.4 Å². The lowest BCUT2D eigenvalue weighted by Gasteiger charge is -2.31. The number of carbonyl (C=O) groups excluding carboxylic acids is 1. The number of nitrogens with zero attached hydrogens (tertiary/aromatic N) is 2. The summed E-state index contributed by atoms with van der Waals surface area (Å²) in [6, 6.07) is 24.8. The van der Waals surface area contributed by atoms with Crippen LogP contribution in [0.3, 0.4) is 0 Å². The van der Waals surface area contributed by atoms with Crippen molar-refractivity contribution in [1.82, 2.24) is 4.57 Å². The van der Waals surface area contributed by atoms with Gasteiger partial charge >= 0.3 is 0 Å². The number of aromatic nitrogens is 1. The summed E-state index contributed by atoms with van der Waals surface area (Å²) in [6.07, 6.45) is 0.150. The zero-order valence-electron chi connectivity index (χ0n) is 18.3. The maximum Gasteiger partial charge on any atom is 0.253 e. The zero-order chi connectivity index (χ0) is 23.7. The summed E-state index contributed by atoms with van der Waals surface area (Å²) in [5.41, 5.74) is 2.31. The molecule has 5 nitrogen and oxygen atoms in total. The Morgan fingerprint density at radius 3 is 2.21 bits per heavy atom. The molecule has 0 atom stereocenters. The molecule has 0 aliphatic carbocycles. The fourth-order valence-corrected chi connectivity index (χ4v) is 6.36. The monoisotopic (exact) mass is 504 g/mol. The van der Waals surface area contributed by atoms with E-state index >= 15 is 0 Å². The highest BCUT2D eigenvalue weighted by molar-refractivity contribution is 7.99. The minimum Gasteiger partial charge on any atom is -0.496 e. The molecule has 8 heteroatoms. The van der Waals surface area contributed by atoms with Gasteiger partial charge in [-0.25, -0.2) is 0 Å². The molecule has 1 amide bonds. The number of ether oxygens (including phenoxy) is 1. The van der Waals surface area contributed by atoms with Gasteiger partial charge in [0.15, 0.2) is 3.95 Å². The fourth-order valence-electron chi connectivity index (χ4n) is 3.93. The summed E-state index contributed by atoms with van der Waals surface area (Å²) in [5.74, 6) is 0.598. The molecular formula is C26H20N2O3S3. The quantitative estimate of drug-likeness (QED) is 0.289. The molecule has 170 valence electrons. The molecule has 0 N–H and O–H groups in total. The van der Waals surface area contributed by atoms with Crippen LogP contribution in [0.1, 0.15) is 6.42 Å². The first-order valence-corrected chi connectivity index (χ1v) is 12.7. The van der Waals surface area contributed by atoms with Crippen molar-refractivity contribution in [3.05, 3.63) is 93.2 Å². The lowest BCUT2D eigenvalue weighted by molar-refractivity contribution is -0.118. The molecule has 1 aliphatic heterocycles. The summed E-state index contributed by atoms with van der Waals surface area (Å²) in [6.45, 7) is 0.215. The van der Waals surface area contributed by atoms with Gasteiger partial charge in [0.25, 0.3) is 5.56 Å². The average Bonchev–Trinajstić information content (AvgIpc) is 2.86. The van der Waals surface area contributed by atoms with Gasteiger partial charge in [0.2, 0.25) is 5.91 Å². The van der Waals surface area contributed by atoms with Gasteiger partial charge in [-0.3, -0.25) is 19.1 Å². The topological polar surface area (TPSA) is 51.5 Å². The Labute approximate surface area is 210 Å². The predicted octanol–water partition coefficient (Wildman–Crippen LogP) is 6.53. The Morgan fingerprint density at radius 1 is 0.941 bits per heavy atom. The first kappa shape index (κ1) is 22.6. The fraction of sp³-hybridized carbons (Fsp3) is 0.115. The second-order valence-electron chi connectivity index (χ2n) is 7.58. The number of amides is 1. The van der Waals surface area contributed by atoms with E-state index in [-0.39, 0.29) is 24.4 Å². The second kappa shape index (κ2) is 9.58. The highest BCUT2D eigenvalue weighted by Gasteiger charge is 2.27. The minimum atomic E-state index is -0.229. The molecule has 34 heavy (non-hydrogen) atoms. The van der Waals surface area contributed by atoms with E-state index < -0.39 is 0 Å². The number of rotatable bonds is 5. The third-order valence-electron chi connectivity index (χ3n) is 5.54. The molecule has 0 spiro atoms. The van der Waals surface area contributed by atoms with Crippen LogP contribution in [0.2, 0.25) is 0 Å². The summed E-state index contributed by atoms with van der Waals surface area (Å²) < 4.78 is 7.35. The molecule has 0 bridgehead atoms. The normalized spacial score (nSPS) is 12.1. The number of para-hydroxylation sites is 3. The van der Waals surface area contributed by atoms with Gasteiger partial charge in [0.1, 0.15) is 5.75 Å². The van der Waals surface area contributed by atoms with Crippen molar-refractivity contribution in [2.24, 2.45) is 0 Å². The van der Waals surface area contributed by atoms with Crippen LogP contribution in [-0.4, -0.2) is 17.6 Å². The van der Waals surface area contributed by atoms with Crippen LogP contribution >= 0.6 is 35.3 Å². The van der Waals surface area contributed by atoms with Crippen molar-refractivity contribution in [2.75, 3.05) is 12.0 Å². The van der Waals surface area contributed by atoms with Crippen molar-refractivity contribution in [2.45, 2.75) is 22.8 Å². The van der Waals surface area contributed by atoms with Crippen molar-refractivity contribution in [1.29, 1.82) is 0 Å². The van der Waals surface area contributed by atoms with Gasteiger partial charge in [-0.15, -0.1) is 11.3 Å². The third-order valence-corrected chi connectivity index (χ3v) is 8.09. The van der Waals surface area contributed by atoms with E-state index in [9.17, 15) is 9.59 Å². The highest BCUT2D eigenvalue weighted by atomic mass is 32.2. The van der Waals surface area contributed by atoms with E-state index in [1.807, 2.05) is 72.8 Å². The molecule has 3 aromatic carbocycles. The molecule has 4 aromatic rings. The van der Waals surface area contributed by atoms with Crippen molar-refractivity contribution in [3.8, 4) is 16.2 Å². The summed E-state index contributed by atoms with van der Waals surface area (Å²) in [7, 11) is 1.60. The first-order chi connectivity index (χ1) is 16.6. The standard InChI is InChI=1S/C26H20N2O3S3/c1-31-20-11-5-2-8-17(20)23-16-25(30)27(26(32)34-23)15-14-24(29)28-18-9-3-6-12-21(18)33-22-13-7-4-10-19(22)28/h2-13,16H,14-15H2,1H3. The van der Waals surface area contributed by atoms with Gasteiger partial charge in [-0.05, 0) is 48.6 Å². The second-order valence-corrected chi connectivity index (χ2v) is 10.3. The van der Waals surface area contributed by atoms with Crippen molar-refractivity contribution >= 4 is 52.6 Å². The zero-order valence-corrected chi connectivity index (χ0v) is 20.7. The van der Waals surface area contributed by atoms with Gasteiger partial charge in [0.05, 0.1) is 18.5 Å². The van der Waals surface area contributed by atoms with Crippen LogP contribution in [0, 0.1) is 3.95 Å². The van der Waals surface area contributed by atoms with E-state index in [1.54, 1.807) is 29.8 Å². The van der Waals surface area contributed by atoms with Gasteiger partial charge < -0.3 is 4.74 Å². The van der Waals surface area contributed by atoms with Crippen LogP contribution in [-0.2, 0) is 11.3 Å². The predicted molar refractivity (Wildman–Crippen MR) is 140 cm³/mol. The van der Waals surface area contributed by atoms with E-state index in [0.29, 0.717) is 9.70 Å². The number of hydrogen-bond acceptors (Lipinski definition) is 6. The molecule has 0 radical (unpaired) electrons. The third kappa shape index (κ3) is 4.20. The maximum absolute atomic E-state index is 13.4. The Hall–Kier alpha value is -3.20. The smallest absolute Gasteiger partial charge is 0.253 e. The summed E-state index contributed by atoms with van der Waals surface area (Å²) >= 11 is 8.54. The lowest BCUT2D eigenvalue weighted by atomic mass is 10.1. The van der Waals surface area contributed by atoms with E-state index in [1.165, 1.54) is 15.9 Å². The van der Waals surface area contributed by atoms with Gasteiger partial charge in [-0.1, -0.05) is 48.2 Å². The van der Waals surface area contributed by atoms with Crippen LogP contribution < -0.4 is 15.2 Å². The Morgan fingerprint density at radius 2 is 1.56 bits per heavy atom. The number of benzene rings is 3. The van der Waals surface area contributed by atoms with Gasteiger partial charge in [0, 0.05) is 39.3 Å².